The van der Waals surface area contributed by atoms with E-state index in [-0.39, 0.29) is 24.6 Å². The van der Waals surface area contributed by atoms with E-state index in [1.54, 1.807) is 18.5 Å². The molecule has 1 aromatic carbocycles. The molecule has 2 atom stereocenters. The lowest BCUT2D eigenvalue weighted by Crippen LogP contribution is -2.55. The quantitative estimate of drug-likeness (QED) is 0.454. The molecule has 0 spiro atoms. The van der Waals surface area contributed by atoms with Crippen LogP contribution in [0.15, 0.2) is 11.0 Å². The second-order valence-electron chi connectivity index (χ2n) is 8.75. The van der Waals surface area contributed by atoms with Gasteiger partial charge in [0.05, 0.1) is 16.6 Å². The molecule has 186 valence electrons. The van der Waals surface area contributed by atoms with Gasteiger partial charge in [0, 0.05) is 51.6 Å². The summed E-state index contributed by atoms with van der Waals surface area (Å²) in [6.45, 7) is 3.60. The van der Waals surface area contributed by atoms with E-state index in [1.807, 2.05) is 0 Å². The van der Waals surface area contributed by atoms with Crippen molar-refractivity contribution in [3.05, 3.63) is 33.6 Å². The number of rotatable bonds is 6. The van der Waals surface area contributed by atoms with Gasteiger partial charge < -0.3 is 20.3 Å². The number of halogens is 2. The molecule has 10 nitrogen and oxygen atoms in total. The highest BCUT2D eigenvalue weighted by Crippen LogP contribution is 2.54. The highest BCUT2D eigenvalue weighted by Gasteiger charge is 2.44. The average Bonchev–Trinajstić information content (AvgIpc) is 3.61. The van der Waals surface area contributed by atoms with Crippen LogP contribution in [0.25, 0.3) is 10.9 Å². The highest BCUT2D eigenvalue weighted by molar-refractivity contribution is 7.51. The minimum absolute atomic E-state index is 0.0701. The molecule has 1 aliphatic carbocycles. The monoisotopic (exact) mass is 500 g/mol. The van der Waals surface area contributed by atoms with Crippen LogP contribution in [-0.4, -0.2) is 59.7 Å². The number of nitrogens with two attached hydrogens (primary N) is 1. The highest BCUT2D eigenvalue weighted by atomic mass is 31.2. The van der Waals surface area contributed by atoms with Gasteiger partial charge in [-0.15, -0.1) is 0 Å². The molecule has 1 aromatic heterocycles. The van der Waals surface area contributed by atoms with Crippen LogP contribution in [0.2, 0.25) is 0 Å². The molecule has 2 aromatic rings. The summed E-state index contributed by atoms with van der Waals surface area (Å²) in [5.41, 5.74) is 3.14. The van der Waals surface area contributed by atoms with Gasteiger partial charge in [-0.1, -0.05) is 0 Å². The Balaban J connectivity index is 1.89. The van der Waals surface area contributed by atoms with Gasteiger partial charge in [-0.2, -0.15) is 4.67 Å². The smallest absolute Gasteiger partial charge is 0.408 e. The SMILES string of the molecule is COP(=O)(OC)N1C(C)CN(c2c(F)c(N)c3c(=O)c(C(=O)O)cn(C4CC4)c3c2F)CC1C. The van der Waals surface area contributed by atoms with Crippen LogP contribution >= 0.6 is 7.75 Å². The van der Waals surface area contributed by atoms with Crippen molar-refractivity contribution in [3.63, 3.8) is 0 Å². The zero-order valence-electron chi connectivity index (χ0n) is 19.2. The first-order chi connectivity index (χ1) is 16.0. The van der Waals surface area contributed by atoms with E-state index >= 15 is 8.78 Å². The van der Waals surface area contributed by atoms with Gasteiger partial charge in [0.1, 0.15) is 11.3 Å². The third kappa shape index (κ3) is 3.69. The molecule has 0 amide bonds. The van der Waals surface area contributed by atoms with Crippen molar-refractivity contribution in [2.75, 3.05) is 37.9 Å². The maximum Gasteiger partial charge on any atom is 0.408 e. The van der Waals surface area contributed by atoms with Gasteiger partial charge in [0.2, 0.25) is 5.43 Å². The number of aromatic carboxylic acids is 1. The first-order valence-corrected chi connectivity index (χ1v) is 12.3. The Hall–Kier alpha value is -2.53. The number of carboxylic acids is 1. The Morgan fingerprint density at radius 2 is 1.71 bits per heavy atom. The number of aromatic nitrogens is 1. The molecule has 2 fully saturated rings. The number of anilines is 2. The molecule has 0 bridgehead atoms. The second kappa shape index (κ2) is 8.60. The number of piperazine rings is 1. The van der Waals surface area contributed by atoms with Crippen LogP contribution in [-0.2, 0) is 13.6 Å². The Kier molecular flexibility index (Phi) is 6.22. The molecular formula is C21H27F2N4O6P. The molecular weight excluding hydrogens is 473 g/mol. The summed E-state index contributed by atoms with van der Waals surface area (Å²) in [6.07, 6.45) is 2.43. The Labute approximate surface area is 194 Å². The normalized spacial score (nSPS) is 21.9. The Morgan fingerprint density at radius 3 is 2.18 bits per heavy atom. The predicted octanol–water partition coefficient (Wildman–Crippen LogP) is 3.19. The molecule has 4 rings (SSSR count). The molecule has 2 unspecified atom stereocenters. The van der Waals surface area contributed by atoms with Crippen LogP contribution in [0.4, 0.5) is 20.2 Å². The molecule has 1 saturated heterocycles. The fourth-order valence-electron chi connectivity index (χ4n) is 4.87. The fraction of sp³-hybridized carbons (Fsp3) is 0.524. The molecule has 2 heterocycles. The summed E-state index contributed by atoms with van der Waals surface area (Å²) in [5, 5.41) is 8.95. The first-order valence-electron chi connectivity index (χ1n) is 10.8. The molecule has 34 heavy (non-hydrogen) atoms. The van der Waals surface area contributed by atoms with Crippen molar-refractivity contribution in [3.8, 4) is 0 Å². The van der Waals surface area contributed by atoms with Crippen molar-refractivity contribution in [2.45, 2.75) is 44.8 Å². The van der Waals surface area contributed by atoms with Crippen LogP contribution in [0.3, 0.4) is 0 Å². The van der Waals surface area contributed by atoms with Crippen LogP contribution in [0, 0.1) is 11.6 Å². The lowest BCUT2D eigenvalue weighted by atomic mass is 10.0. The van der Waals surface area contributed by atoms with Gasteiger partial charge in [-0.05, 0) is 26.7 Å². The summed E-state index contributed by atoms with van der Waals surface area (Å²) >= 11 is 0. The molecule has 1 saturated carbocycles. The number of nitrogens with zero attached hydrogens (tertiary/aromatic N) is 3. The fourth-order valence-corrected chi connectivity index (χ4v) is 6.50. The number of benzene rings is 1. The van der Waals surface area contributed by atoms with Crippen molar-refractivity contribution < 1.29 is 32.3 Å². The minimum atomic E-state index is -3.60. The van der Waals surface area contributed by atoms with Gasteiger partial charge >= 0.3 is 13.7 Å². The maximum absolute atomic E-state index is 16.0. The number of hydrogen-bond donors (Lipinski definition) is 2. The topological polar surface area (TPSA) is 127 Å². The van der Waals surface area contributed by atoms with Gasteiger partial charge in [0.15, 0.2) is 11.6 Å². The number of nitrogen functional groups attached to an aromatic ring is 1. The molecule has 0 radical (unpaired) electrons. The molecule has 3 N–H and O–H groups in total. The largest absolute Gasteiger partial charge is 0.477 e. The second-order valence-corrected chi connectivity index (χ2v) is 10.9. The number of hydrogen-bond acceptors (Lipinski definition) is 7. The third-order valence-electron chi connectivity index (χ3n) is 6.47. The standard InChI is InChI=1S/C21H27F2N4O6P/c1-10-7-25(8-11(2)27(10)34(31,32-3)33-4)19-15(22)17(24)14-18(16(19)23)26(12-5-6-12)9-13(20(14)28)21(29)30/h9-12H,5-8,24H2,1-4H3,(H,29,30). The minimum Gasteiger partial charge on any atom is -0.477 e. The predicted molar refractivity (Wildman–Crippen MR) is 122 cm³/mol. The van der Waals surface area contributed by atoms with Crippen LogP contribution < -0.4 is 16.1 Å². The van der Waals surface area contributed by atoms with E-state index in [2.05, 4.69) is 0 Å². The van der Waals surface area contributed by atoms with E-state index in [4.69, 9.17) is 14.8 Å². The van der Waals surface area contributed by atoms with E-state index in [0.29, 0.717) is 12.8 Å². The summed E-state index contributed by atoms with van der Waals surface area (Å²) < 4.78 is 57.7. The summed E-state index contributed by atoms with van der Waals surface area (Å²) in [7, 11) is -1.07. The molecule has 13 heteroatoms. The summed E-state index contributed by atoms with van der Waals surface area (Å²) in [6, 6.07) is -1.17. The van der Waals surface area contributed by atoms with Crippen LogP contribution in [0.5, 0.6) is 0 Å². The molecule has 2 aliphatic rings. The Bertz CT molecular complexity index is 1260. The van der Waals surface area contributed by atoms with Gasteiger partial charge in [-0.25, -0.2) is 18.1 Å². The summed E-state index contributed by atoms with van der Waals surface area (Å²) in [4.78, 5) is 25.9. The first kappa shape index (κ1) is 24.6. The van der Waals surface area contributed by atoms with E-state index < -0.39 is 65.2 Å². The van der Waals surface area contributed by atoms with E-state index in [1.165, 1.54) is 23.7 Å². The zero-order valence-corrected chi connectivity index (χ0v) is 20.1. The third-order valence-corrected chi connectivity index (χ3v) is 8.75. The maximum atomic E-state index is 16.0. The Morgan fingerprint density at radius 1 is 1.15 bits per heavy atom. The van der Waals surface area contributed by atoms with Crippen LogP contribution in [0.1, 0.15) is 43.1 Å². The lowest BCUT2D eigenvalue weighted by molar-refractivity contribution is 0.0694. The van der Waals surface area contributed by atoms with Crippen molar-refractivity contribution in [1.29, 1.82) is 0 Å². The van der Waals surface area contributed by atoms with Crippen molar-refractivity contribution in [2.24, 2.45) is 0 Å². The lowest BCUT2D eigenvalue weighted by Gasteiger charge is -2.46. The number of fused-ring (bicyclic) bond motifs is 1. The number of carboxylic acid groups (broad SMARTS) is 1. The number of pyridine rings is 1. The zero-order chi connectivity index (χ0) is 25.1. The van der Waals surface area contributed by atoms with Gasteiger partial charge in [-0.3, -0.25) is 13.8 Å². The van der Waals surface area contributed by atoms with Gasteiger partial charge in [0.25, 0.3) is 0 Å². The van der Waals surface area contributed by atoms with E-state index in [9.17, 15) is 19.3 Å². The van der Waals surface area contributed by atoms with Crippen molar-refractivity contribution >= 4 is 36.0 Å². The average molecular weight is 500 g/mol. The van der Waals surface area contributed by atoms with Crippen molar-refractivity contribution in [1.82, 2.24) is 9.24 Å². The summed E-state index contributed by atoms with van der Waals surface area (Å²) in [5.74, 6) is -3.62. The van der Waals surface area contributed by atoms with E-state index in [0.717, 1.165) is 6.20 Å². The number of carbonyl (C=O) groups is 1. The molecule has 1 aliphatic heterocycles.